The van der Waals surface area contributed by atoms with E-state index < -0.39 is 0 Å². The van der Waals surface area contributed by atoms with Gasteiger partial charge in [0.15, 0.2) is 0 Å². The Bertz CT molecular complexity index is 383. The van der Waals surface area contributed by atoms with Crippen molar-refractivity contribution in [2.75, 3.05) is 20.2 Å². The van der Waals surface area contributed by atoms with E-state index in [0.717, 1.165) is 6.54 Å². The van der Waals surface area contributed by atoms with E-state index >= 15 is 0 Å². The molecule has 0 aliphatic carbocycles. The first kappa shape index (κ1) is 14.0. The van der Waals surface area contributed by atoms with E-state index in [4.69, 9.17) is 9.26 Å². The number of methoxy groups -OCH3 is 1. The van der Waals surface area contributed by atoms with Crippen molar-refractivity contribution in [3.8, 4) is 0 Å². The molecule has 2 N–H and O–H groups in total. The topological polar surface area (TPSA) is 76.4 Å². The Hall–Kier alpha value is -1.11. The Balaban J connectivity index is 0.00000144. The molecule has 1 aliphatic heterocycles. The Kier molecular flexibility index (Phi) is 4.92. The zero-order valence-corrected chi connectivity index (χ0v) is 10.5. The second-order valence-electron chi connectivity index (χ2n) is 3.84. The third-order valence-corrected chi connectivity index (χ3v) is 2.63. The van der Waals surface area contributed by atoms with E-state index in [1.165, 1.54) is 0 Å². The maximum atomic E-state index is 11.7. The number of hydrogen-bond donors (Lipinski definition) is 2. The molecule has 2 unspecified atom stereocenters. The highest BCUT2D eigenvalue weighted by Crippen LogP contribution is 2.07. The van der Waals surface area contributed by atoms with Crippen molar-refractivity contribution in [2.45, 2.75) is 19.1 Å². The molecule has 1 aliphatic rings. The van der Waals surface area contributed by atoms with Crippen LogP contribution in [0.5, 0.6) is 0 Å². The van der Waals surface area contributed by atoms with Crippen molar-refractivity contribution in [1.29, 1.82) is 0 Å². The summed E-state index contributed by atoms with van der Waals surface area (Å²) in [5.41, 5.74) is 0.693. The number of nitrogens with zero attached hydrogens (tertiary/aromatic N) is 1. The zero-order valence-electron chi connectivity index (χ0n) is 9.73. The predicted molar refractivity (Wildman–Crippen MR) is 63.4 cm³/mol. The molecular weight excluding hydrogens is 246 g/mol. The summed E-state index contributed by atoms with van der Waals surface area (Å²) in [6.07, 6.45) is 0.00738. The van der Waals surface area contributed by atoms with Gasteiger partial charge in [-0.25, -0.2) is 0 Å². The molecule has 0 aromatic carbocycles. The number of aromatic nitrogens is 1. The predicted octanol–water partition coefficient (Wildman–Crippen LogP) is 0.121. The Morgan fingerprint density at radius 2 is 2.41 bits per heavy atom. The van der Waals surface area contributed by atoms with Crippen LogP contribution in [-0.2, 0) is 4.74 Å². The van der Waals surface area contributed by atoms with Crippen LogP contribution in [0.3, 0.4) is 0 Å². The van der Waals surface area contributed by atoms with Crippen molar-refractivity contribution in [1.82, 2.24) is 15.8 Å². The first-order valence-electron chi connectivity index (χ1n) is 5.18. The Morgan fingerprint density at radius 1 is 1.65 bits per heavy atom. The lowest BCUT2D eigenvalue weighted by molar-refractivity contribution is 0.0754. The highest BCUT2D eigenvalue weighted by Gasteiger charge is 2.29. The van der Waals surface area contributed by atoms with Gasteiger partial charge in [0.05, 0.1) is 17.8 Å². The molecule has 1 amide bonds. The number of carbonyl (C=O) groups is 1. The van der Waals surface area contributed by atoms with E-state index in [2.05, 4.69) is 15.8 Å². The minimum Gasteiger partial charge on any atom is -0.378 e. The van der Waals surface area contributed by atoms with Crippen LogP contribution in [0, 0.1) is 6.92 Å². The summed E-state index contributed by atoms with van der Waals surface area (Å²) in [7, 11) is 1.63. The summed E-state index contributed by atoms with van der Waals surface area (Å²) in [4.78, 5) is 11.7. The quantitative estimate of drug-likeness (QED) is 0.808. The van der Waals surface area contributed by atoms with Gasteiger partial charge in [0, 0.05) is 26.3 Å². The number of aryl methyl sites for hydroxylation is 1. The molecule has 2 atom stereocenters. The van der Waals surface area contributed by atoms with E-state index in [1.807, 2.05) is 0 Å². The lowest BCUT2D eigenvalue weighted by Crippen LogP contribution is -2.43. The van der Waals surface area contributed by atoms with Crippen molar-refractivity contribution < 1.29 is 14.1 Å². The van der Waals surface area contributed by atoms with Gasteiger partial charge in [-0.15, -0.1) is 12.4 Å². The maximum Gasteiger partial charge on any atom is 0.290 e. The number of rotatable bonds is 3. The number of nitrogens with one attached hydrogen (secondary N) is 2. The van der Waals surface area contributed by atoms with Gasteiger partial charge in [0.25, 0.3) is 5.91 Å². The normalized spacial score (nSPS) is 23.2. The molecule has 1 aromatic heterocycles. The maximum absolute atomic E-state index is 11.7. The number of hydrogen-bond acceptors (Lipinski definition) is 5. The highest BCUT2D eigenvalue weighted by molar-refractivity contribution is 5.91. The molecule has 1 aromatic rings. The van der Waals surface area contributed by atoms with E-state index in [1.54, 1.807) is 20.1 Å². The number of amides is 1. The fourth-order valence-electron chi connectivity index (χ4n) is 1.76. The van der Waals surface area contributed by atoms with Crippen LogP contribution in [0.4, 0.5) is 0 Å². The van der Waals surface area contributed by atoms with Crippen LogP contribution in [0.15, 0.2) is 10.6 Å². The molecular formula is C10H16ClN3O3. The lowest BCUT2D eigenvalue weighted by Gasteiger charge is -2.17. The van der Waals surface area contributed by atoms with Crippen molar-refractivity contribution in [2.24, 2.45) is 0 Å². The molecule has 7 heteroatoms. The van der Waals surface area contributed by atoms with Gasteiger partial charge in [-0.05, 0) is 6.92 Å². The SMILES string of the molecule is COC1CNCC1NC(=O)c1cc(C)no1.Cl. The second-order valence-corrected chi connectivity index (χ2v) is 3.84. The Morgan fingerprint density at radius 3 is 3.00 bits per heavy atom. The number of halogens is 1. The average molecular weight is 262 g/mol. The summed E-state index contributed by atoms with van der Waals surface area (Å²) in [6.45, 7) is 3.23. The van der Waals surface area contributed by atoms with Crippen LogP contribution >= 0.6 is 12.4 Å². The molecule has 2 rings (SSSR count). The van der Waals surface area contributed by atoms with Crippen LogP contribution < -0.4 is 10.6 Å². The molecule has 0 radical (unpaired) electrons. The molecule has 0 bridgehead atoms. The summed E-state index contributed by atoms with van der Waals surface area (Å²) < 4.78 is 10.1. The first-order chi connectivity index (χ1) is 7.70. The van der Waals surface area contributed by atoms with Crippen LogP contribution in [-0.4, -0.2) is 43.4 Å². The third-order valence-electron chi connectivity index (χ3n) is 2.63. The third kappa shape index (κ3) is 3.18. The molecule has 0 spiro atoms. The monoisotopic (exact) mass is 261 g/mol. The first-order valence-corrected chi connectivity index (χ1v) is 5.18. The summed E-state index contributed by atoms with van der Waals surface area (Å²) in [5, 5.41) is 9.67. The van der Waals surface area contributed by atoms with Crippen LogP contribution in [0.25, 0.3) is 0 Å². The standard InChI is InChI=1S/C10H15N3O3.ClH/c1-6-3-8(16-13-6)10(14)12-7-4-11-5-9(7)15-2;/h3,7,9,11H,4-5H2,1-2H3,(H,12,14);1H. The van der Waals surface area contributed by atoms with Crippen LogP contribution in [0.1, 0.15) is 16.2 Å². The highest BCUT2D eigenvalue weighted by atomic mass is 35.5. The molecule has 17 heavy (non-hydrogen) atoms. The fourth-order valence-corrected chi connectivity index (χ4v) is 1.76. The van der Waals surface area contributed by atoms with Gasteiger partial charge < -0.3 is 19.9 Å². The van der Waals surface area contributed by atoms with E-state index in [0.29, 0.717) is 12.2 Å². The largest absolute Gasteiger partial charge is 0.378 e. The van der Waals surface area contributed by atoms with Gasteiger partial charge in [-0.1, -0.05) is 5.16 Å². The lowest BCUT2D eigenvalue weighted by atomic mass is 10.2. The van der Waals surface area contributed by atoms with Crippen LogP contribution in [0.2, 0.25) is 0 Å². The molecule has 6 nitrogen and oxygen atoms in total. The van der Waals surface area contributed by atoms with Gasteiger partial charge in [-0.3, -0.25) is 4.79 Å². The van der Waals surface area contributed by atoms with Crippen molar-refractivity contribution >= 4 is 18.3 Å². The fraction of sp³-hybridized carbons (Fsp3) is 0.600. The van der Waals surface area contributed by atoms with Crippen molar-refractivity contribution in [3.05, 3.63) is 17.5 Å². The summed E-state index contributed by atoms with van der Waals surface area (Å²) in [5.74, 6) is -0.0180. The molecule has 0 saturated carbocycles. The minimum atomic E-state index is -0.253. The second kappa shape index (κ2) is 6.00. The smallest absolute Gasteiger partial charge is 0.290 e. The molecule has 2 heterocycles. The summed E-state index contributed by atoms with van der Waals surface area (Å²) in [6, 6.07) is 1.59. The zero-order chi connectivity index (χ0) is 11.5. The minimum absolute atomic E-state index is 0. The van der Waals surface area contributed by atoms with Gasteiger partial charge in [-0.2, -0.15) is 0 Å². The van der Waals surface area contributed by atoms with Crippen molar-refractivity contribution in [3.63, 3.8) is 0 Å². The number of carbonyl (C=O) groups excluding carboxylic acids is 1. The van der Waals surface area contributed by atoms with Gasteiger partial charge in [0.1, 0.15) is 0 Å². The molecule has 1 fully saturated rings. The molecule has 1 saturated heterocycles. The van der Waals surface area contributed by atoms with E-state index in [9.17, 15) is 4.79 Å². The summed E-state index contributed by atoms with van der Waals surface area (Å²) >= 11 is 0. The Labute approximate surface area is 105 Å². The van der Waals surface area contributed by atoms with E-state index in [-0.39, 0.29) is 36.2 Å². The van der Waals surface area contributed by atoms with Gasteiger partial charge >= 0.3 is 0 Å². The van der Waals surface area contributed by atoms with Gasteiger partial charge in [0.2, 0.25) is 5.76 Å². The average Bonchev–Trinajstić information content (AvgIpc) is 2.86. The number of ether oxygens (including phenoxy) is 1. The molecule has 96 valence electrons.